The normalized spacial score (nSPS) is 18.4. The zero-order valence-corrected chi connectivity index (χ0v) is 15.5. The molecule has 144 valence electrons. The van der Waals surface area contributed by atoms with Crippen molar-refractivity contribution in [2.24, 2.45) is 5.10 Å². The lowest BCUT2D eigenvalue weighted by Gasteiger charge is -2.27. The molecule has 4 heterocycles. The summed E-state index contributed by atoms with van der Waals surface area (Å²) in [6.07, 6.45) is 4.87. The number of hydrogen-bond acceptors (Lipinski definition) is 8. The van der Waals surface area contributed by atoms with Crippen LogP contribution in [0.15, 0.2) is 15.6 Å². The molecule has 0 atom stereocenters. The van der Waals surface area contributed by atoms with E-state index < -0.39 is 0 Å². The third-order valence-corrected chi connectivity index (χ3v) is 4.81. The van der Waals surface area contributed by atoms with Gasteiger partial charge in [-0.25, -0.2) is 10.4 Å². The van der Waals surface area contributed by atoms with E-state index in [0.717, 1.165) is 25.9 Å². The summed E-state index contributed by atoms with van der Waals surface area (Å²) in [5, 5.41) is 4.00. The number of piperidine rings is 1. The molecular formula is C18H24N6O3. The topological polar surface area (TPSA) is 96.1 Å². The van der Waals surface area contributed by atoms with E-state index in [4.69, 9.17) is 9.15 Å². The maximum Gasteiger partial charge on any atom is 0.289 e. The van der Waals surface area contributed by atoms with Crippen molar-refractivity contribution >= 4 is 35.0 Å². The van der Waals surface area contributed by atoms with Crippen LogP contribution in [-0.4, -0.2) is 66.4 Å². The Morgan fingerprint density at radius 1 is 1.19 bits per heavy atom. The Hall–Kier alpha value is -2.68. The lowest BCUT2D eigenvalue weighted by Crippen LogP contribution is -2.37. The molecule has 2 fully saturated rings. The Balaban J connectivity index is 1.71. The van der Waals surface area contributed by atoms with Crippen molar-refractivity contribution in [3.05, 3.63) is 11.8 Å². The number of hydrogen-bond donors (Lipinski definition) is 1. The van der Waals surface area contributed by atoms with E-state index in [1.54, 1.807) is 12.3 Å². The molecule has 0 bridgehead atoms. The molecule has 9 heteroatoms. The third kappa shape index (κ3) is 3.73. The Bertz CT molecular complexity index is 837. The number of fused-ring (bicyclic) bond motifs is 1. The molecule has 0 unspecified atom stereocenters. The number of anilines is 2. The molecule has 27 heavy (non-hydrogen) atoms. The van der Waals surface area contributed by atoms with Crippen molar-refractivity contribution in [3.63, 3.8) is 0 Å². The van der Waals surface area contributed by atoms with Crippen LogP contribution >= 0.6 is 0 Å². The number of morpholine rings is 1. The van der Waals surface area contributed by atoms with E-state index in [0.29, 0.717) is 54.9 Å². The lowest BCUT2D eigenvalue weighted by molar-refractivity contribution is 0.0694. The minimum Gasteiger partial charge on any atom is -0.445 e. The van der Waals surface area contributed by atoms with Gasteiger partial charge in [0, 0.05) is 38.5 Å². The van der Waals surface area contributed by atoms with Crippen molar-refractivity contribution < 1.29 is 13.9 Å². The first kappa shape index (κ1) is 17.7. The van der Waals surface area contributed by atoms with E-state index in [-0.39, 0.29) is 5.91 Å². The summed E-state index contributed by atoms with van der Waals surface area (Å²) in [6.45, 7) is 6.02. The van der Waals surface area contributed by atoms with E-state index >= 15 is 0 Å². The van der Waals surface area contributed by atoms with Crippen molar-refractivity contribution in [2.45, 2.75) is 26.2 Å². The van der Waals surface area contributed by atoms with Gasteiger partial charge in [-0.05, 0) is 26.2 Å². The molecule has 2 saturated heterocycles. The molecule has 2 aromatic rings. The van der Waals surface area contributed by atoms with Gasteiger partial charge in [-0.15, -0.1) is 0 Å². The molecule has 2 aliphatic heterocycles. The second kappa shape index (κ2) is 7.91. The van der Waals surface area contributed by atoms with Crippen LogP contribution in [0.1, 0.15) is 36.7 Å². The van der Waals surface area contributed by atoms with Crippen LogP contribution in [0.5, 0.6) is 0 Å². The van der Waals surface area contributed by atoms with Crippen molar-refractivity contribution in [3.8, 4) is 0 Å². The third-order valence-electron chi connectivity index (χ3n) is 4.81. The average Bonchev–Trinajstić information content (AvgIpc) is 3.16. The largest absolute Gasteiger partial charge is 0.445 e. The number of likely N-dealkylation sites (tertiary alicyclic amines) is 1. The number of furan rings is 1. The second-order valence-electron chi connectivity index (χ2n) is 6.65. The van der Waals surface area contributed by atoms with Gasteiger partial charge in [-0.1, -0.05) is 0 Å². The summed E-state index contributed by atoms with van der Waals surface area (Å²) < 4.78 is 11.4. The van der Waals surface area contributed by atoms with Gasteiger partial charge in [0.15, 0.2) is 17.2 Å². The molecule has 0 radical (unpaired) electrons. The fraction of sp³-hybridized carbons (Fsp3) is 0.556. The van der Waals surface area contributed by atoms with Gasteiger partial charge in [0.05, 0.1) is 13.2 Å². The number of carbonyl (C=O) groups is 1. The van der Waals surface area contributed by atoms with Crippen LogP contribution in [-0.2, 0) is 4.74 Å². The zero-order chi connectivity index (χ0) is 18.6. The maximum absolute atomic E-state index is 12.8. The summed E-state index contributed by atoms with van der Waals surface area (Å²) in [6, 6.07) is 1.71. The van der Waals surface area contributed by atoms with Crippen LogP contribution < -0.4 is 10.3 Å². The van der Waals surface area contributed by atoms with Gasteiger partial charge in [0.2, 0.25) is 5.95 Å². The van der Waals surface area contributed by atoms with Crippen molar-refractivity contribution in [2.75, 3.05) is 49.7 Å². The molecule has 1 N–H and O–H groups in total. The summed E-state index contributed by atoms with van der Waals surface area (Å²) in [4.78, 5) is 25.8. The quantitative estimate of drug-likeness (QED) is 0.648. The van der Waals surface area contributed by atoms with Gasteiger partial charge in [-0.3, -0.25) is 4.79 Å². The minimum atomic E-state index is -0.0817. The molecule has 2 aromatic heterocycles. The molecular weight excluding hydrogens is 348 g/mol. The Morgan fingerprint density at radius 2 is 1.96 bits per heavy atom. The number of aromatic nitrogens is 2. The van der Waals surface area contributed by atoms with Crippen LogP contribution in [0.2, 0.25) is 0 Å². The highest BCUT2D eigenvalue weighted by molar-refractivity contribution is 5.97. The highest BCUT2D eigenvalue weighted by Gasteiger charge is 2.25. The smallest absolute Gasteiger partial charge is 0.289 e. The van der Waals surface area contributed by atoms with E-state index in [9.17, 15) is 4.79 Å². The molecule has 4 rings (SSSR count). The predicted molar refractivity (Wildman–Crippen MR) is 102 cm³/mol. The average molecular weight is 372 g/mol. The van der Waals surface area contributed by atoms with Crippen LogP contribution in [0, 0.1) is 0 Å². The number of nitrogens with one attached hydrogen (secondary N) is 1. The summed E-state index contributed by atoms with van der Waals surface area (Å²) in [5.74, 6) is 1.27. The first-order chi connectivity index (χ1) is 13.3. The predicted octanol–water partition coefficient (Wildman–Crippen LogP) is 2.10. The number of hydrazone groups is 1. The molecule has 0 aromatic carbocycles. The summed E-state index contributed by atoms with van der Waals surface area (Å²) in [5.41, 5.74) is 3.95. The fourth-order valence-corrected chi connectivity index (χ4v) is 3.43. The Kier molecular flexibility index (Phi) is 5.19. The molecule has 1 amide bonds. The molecule has 0 aliphatic carbocycles. The fourth-order valence-electron chi connectivity index (χ4n) is 3.43. The number of amides is 1. The summed E-state index contributed by atoms with van der Waals surface area (Å²) in [7, 11) is 0. The summed E-state index contributed by atoms with van der Waals surface area (Å²) >= 11 is 0. The standard InChI is InChI=1S/C18H24N6O3/c1-2-19-22-18-20-13-12-14(17(25)24-6-4-3-5-7-24)27-15(13)16(21-18)23-8-10-26-11-9-23/h2,12H,3-11H2,1H3,(H,20,21,22)/b19-2+. The highest BCUT2D eigenvalue weighted by Crippen LogP contribution is 2.30. The van der Waals surface area contributed by atoms with Crippen molar-refractivity contribution in [1.29, 1.82) is 0 Å². The number of nitrogens with zero attached hydrogens (tertiary/aromatic N) is 5. The van der Waals surface area contributed by atoms with Crippen molar-refractivity contribution in [1.82, 2.24) is 14.9 Å². The number of ether oxygens (including phenoxy) is 1. The Labute approximate surface area is 157 Å². The van der Waals surface area contributed by atoms with Gasteiger partial charge in [0.25, 0.3) is 5.91 Å². The SMILES string of the molecule is C/C=N/Nc1nc(N2CCOCC2)c2oc(C(=O)N3CCCCC3)cc2n1. The van der Waals surface area contributed by atoms with Crippen LogP contribution in [0.25, 0.3) is 11.1 Å². The van der Waals surface area contributed by atoms with Gasteiger partial charge in [0.1, 0.15) is 5.52 Å². The Morgan fingerprint density at radius 3 is 2.70 bits per heavy atom. The van der Waals surface area contributed by atoms with E-state index in [1.807, 2.05) is 11.8 Å². The van der Waals surface area contributed by atoms with Crippen LogP contribution in [0.4, 0.5) is 11.8 Å². The number of rotatable bonds is 4. The highest BCUT2D eigenvalue weighted by atomic mass is 16.5. The number of carbonyl (C=O) groups excluding carboxylic acids is 1. The van der Waals surface area contributed by atoms with Gasteiger partial charge < -0.3 is 19.0 Å². The second-order valence-corrected chi connectivity index (χ2v) is 6.65. The zero-order valence-electron chi connectivity index (χ0n) is 15.5. The molecule has 0 spiro atoms. The maximum atomic E-state index is 12.8. The first-order valence-electron chi connectivity index (χ1n) is 9.43. The minimum absolute atomic E-state index is 0.0817. The molecule has 2 aliphatic rings. The lowest BCUT2D eigenvalue weighted by atomic mass is 10.1. The van der Waals surface area contributed by atoms with E-state index in [2.05, 4.69) is 25.4 Å². The van der Waals surface area contributed by atoms with E-state index in [1.165, 1.54) is 6.42 Å². The van der Waals surface area contributed by atoms with Crippen LogP contribution in [0.3, 0.4) is 0 Å². The monoisotopic (exact) mass is 372 g/mol. The van der Waals surface area contributed by atoms with Gasteiger partial charge >= 0.3 is 0 Å². The van der Waals surface area contributed by atoms with Gasteiger partial charge in [-0.2, -0.15) is 10.1 Å². The molecule has 0 saturated carbocycles. The first-order valence-corrected chi connectivity index (χ1v) is 9.43. The molecule has 9 nitrogen and oxygen atoms in total.